The van der Waals surface area contributed by atoms with Gasteiger partial charge in [0.15, 0.2) is 0 Å². The Morgan fingerprint density at radius 3 is 2.18 bits per heavy atom. The third-order valence-electron chi connectivity index (χ3n) is 2.00. The minimum Gasteiger partial charge on any atom is -0.285 e. The van der Waals surface area contributed by atoms with Crippen LogP contribution in [-0.4, -0.2) is 24.4 Å². The van der Waals surface area contributed by atoms with Crippen molar-refractivity contribution >= 4 is 10.1 Å². The second kappa shape index (κ2) is 3.06. The largest absolute Gasteiger partial charge is 0.285 e. The van der Waals surface area contributed by atoms with Gasteiger partial charge in [-0.3, -0.25) is 4.55 Å². The minimum absolute atomic E-state index is 0.250. The zero-order chi connectivity index (χ0) is 8.48. The number of halogens is 1. The lowest BCUT2D eigenvalue weighted by Crippen LogP contribution is -2.33. The summed E-state index contributed by atoms with van der Waals surface area (Å²) in [5.74, 6) is 0. The minimum atomic E-state index is -4.15. The van der Waals surface area contributed by atoms with Crippen LogP contribution in [0.5, 0.6) is 0 Å². The zero-order valence-electron chi connectivity index (χ0n) is 6.03. The van der Waals surface area contributed by atoms with Crippen molar-refractivity contribution in [3.8, 4) is 0 Å². The molecule has 2 unspecified atom stereocenters. The van der Waals surface area contributed by atoms with E-state index in [1.54, 1.807) is 0 Å². The van der Waals surface area contributed by atoms with E-state index in [2.05, 4.69) is 0 Å². The molecule has 0 radical (unpaired) electrons. The van der Waals surface area contributed by atoms with Crippen LogP contribution in [0.4, 0.5) is 4.39 Å². The molecule has 66 valence electrons. The Hall–Kier alpha value is -0.160. The van der Waals surface area contributed by atoms with Crippen LogP contribution in [0.1, 0.15) is 25.7 Å². The maximum absolute atomic E-state index is 12.8. The van der Waals surface area contributed by atoms with E-state index in [-0.39, 0.29) is 12.8 Å². The quantitative estimate of drug-likeness (QED) is 0.619. The normalized spacial score (nSPS) is 33.6. The van der Waals surface area contributed by atoms with Gasteiger partial charge in [-0.25, -0.2) is 4.39 Å². The van der Waals surface area contributed by atoms with Gasteiger partial charge in [0.05, 0.1) is 0 Å². The van der Waals surface area contributed by atoms with Crippen molar-refractivity contribution in [2.24, 2.45) is 0 Å². The van der Waals surface area contributed by atoms with Gasteiger partial charge in [0, 0.05) is 0 Å². The first kappa shape index (κ1) is 8.93. The monoisotopic (exact) mass is 182 g/mol. The Bertz CT molecular complexity index is 224. The first-order chi connectivity index (χ1) is 5.02. The number of rotatable bonds is 1. The van der Waals surface area contributed by atoms with Crippen LogP contribution in [0, 0.1) is 0 Å². The summed E-state index contributed by atoms with van der Waals surface area (Å²) in [5, 5.41) is -1.17. The second-order valence-electron chi connectivity index (χ2n) is 2.85. The fourth-order valence-electron chi connectivity index (χ4n) is 1.39. The summed E-state index contributed by atoms with van der Waals surface area (Å²) in [6.45, 7) is 0. The molecule has 3 nitrogen and oxygen atoms in total. The van der Waals surface area contributed by atoms with Crippen LogP contribution < -0.4 is 0 Å². The molecule has 0 spiro atoms. The Labute approximate surface area is 65.4 Å². The molecule has 0 heterocycles. The molecule has 0 aromatic heterocycles. The van der Waals surface area contributed by atoms with Crippen LogP contribution >= 0.6 is 0 Å². The van der Waals surface area contributed by atoms with Crippen LogP contribution in [-0.2, 0) is 10.1 Å². The van der Waals surface area contributed by atoms with Gasteiger partial charge < -0.3 is 0 Å². The van der Waals surface area contributed by atoms with Gasteiger partial charge in [0.2, 0.25) is 0 Å². The molecule has 1 aliphatic carbocycles. The average molecular weight is 182 g/mol. The van der Waals surface area contributed by atoms with E-state index < -0.39 is 21.5 Å². The molecule has 11 heavy (non-hydrogen) atoms. The highest BCUT2D eigenvalue weighted by Crippen LogP contribution is 2.25. The van der Waals surface area contributed by atoms with E-state index in [0.29, 0.717) is 12.8 Å². The number of hydrogen-bond donors (Lipinski definition) is 1. The van der Waals surface area contributed by atoms with E-state index in [1.807, 2.05) is 0 Å². The summed E-state index contributed by atoms with van der Waals surface area (Å²) in [5.41, 5.74) is 0. The molecule has 1 fully saturated rings. The first-order valence-electron chi connectivity index (χ1n) is 3.62. The average Bonchev–Trinajstić information content (AvgIpc) is 1.86. The van der Waals surface area contributed by atoms with E-state index >= 15 is 0 Å². The van der Waals surface area contributed by atoms with Crippen molar-refractivity contribution in [3.05, 3.63) is 0 Å². The highest BCUT2D eigenvalue weighted by molar-refractivity contribution is 7.86. The van der Waals surface area contributed by atoms with Crippen LogP contribution in [0.3, 0.4) is 0 Å². The molecule has 2 atom stereocenters. The van der Waals surface area contributed by atoms with Gasteiger partial charge >= 0.3 is 0 Å². The topological polar surface area (TPSA) is 54.4 Å². The molecule has 0 aromatic carbocycles. The summed E-state index contributed by atoms with van der Waals surface area (Å²) in [7, 11) is -4.15. The van der Waals surface area contributed by atoms with Gasteiger partial charge in [0.1, 0.15) is 11.4 Å². The molecule has 0 aliphatic heterocycles. The highest BCUT2D eigenvalue weighted by Gasteiger charge is 2.34. The molecular formula is C6H11FO3S. The van der Waals surface area contributed by atoms with Crippen molar-refractivity contribution in [2.45, 2.75) is 37.1 Å². The second-order valence-corrected chi connectivity index (χ2v) is 4.49. The molecular weight excluding hydrogens is 171 g/mol. The molecule has 0 amide bonds. The Kier molecular flexibility index (Phi) is 2.49. The molecule has 1 rings (SSSR count). The lowest BCUT2D eigenvalue weighted by Gasteiger charge is -2.22. The Morgan fingerprint density at radius 2 is 1.82 bits per heavy atom. The maximum atomic E-state index is 12.8. The van der Waals surface area contributed by atoms with E-state index in [1.165, 1.54) is 0 Å². The van der Waals surface area contributed by atoms with Gasteiger partial charge in [-0.2, -0.15) is 8.42 Å². The van der Waals surface area contributed by atoms with Gasteiger partial charge in [-0.15, -0.1) is 0 Å². The summed E-state index contributed by atoms with van der Waals surface area (Å²) in [6, 6.07) is 0. The SMILES string of the molecule is O=S(=O)(O)C1CCCCC1F. The predicted octanol–water partition coefficient (Wildman–Crippen LogP) is 1.15. The van der Waals surface area contributed by atoms with Gasteiger partial charge in [-0.1, -0.05) is 12.8 Å². The van der Waals surface area contributed by atoms with E-state index in [9.17, 15) is 12.8 Å². The highest BCUT2D eigenvalue weighted by atomic mass is 32.2. The first-order valence-corrected chi connectivity index (χ1v) is 5.12. The summed E-state index contributed by atoms with van der Waals surface area (Å²) >= 11 is 0. The molecule has 1 N–H and O–H groups in total. The fourth-order valence-corrected chi connectivity index (χ4v) is 2.36. The molecule has 0 saturated heterocycles. The van der Waals surface area contributed by atoms with Crippen molar-refractivity contribution in [1.29, 1.82) is 0 Å². The summed E-state index contributed by atoms with van der Waals surface area (Å²) in [4.78, 5) is 0. The summed E-state index contributed by atoms with van der Waals surface area (Å²) < 4.78 is 42.4. The zero-order valence-corrected chi connectivity index (χ0v) is 6.85. The van der Waals surface area contributed by atoms with Crippen LogP contribution in [0.2, 0.25) is 0 Å². The van der Waals surface area contributed by atoms with Crippen LogP contribution in [0.15, 0.2) is 0 Å². The van der Waals surface area contributed by atoms with Crippen LogP contribution in [0.25, 0.3) is 0 Å². The lowest BCUT2D eigenvalue weighted by atomic mass is 9.98. The van der Waals surface area contributed by atoms with Crippen molar-refractivity contribution in [3.63, 3.8) is 0 Å². The van der Waals surface area contributed by atoms with Crippen molar-refractivity contribution in [1.82, 2.24) is 0 Å². The molecule has 1 aliphatic rings. The molecule has 1 saturated carbocycles. The third kappa shape index (κ3) is 2.13. The lowest BCUT2D eigenvalue weighted by molar-refractivity contribution is 0.245. The predicted molar refractivity (Wildman–Crippen MR) is 38.7 cm³/mol. The fraction of sp³-hybridized carbons (Fsp3) is 1.00. The molecule has 5 heteroatoms. The Morgan fingerprint density at radius 1 is 1.27 bits per heavy atom. The van der Waals surface area contributed by atoms with E-state index in [0.717, 1.165) is 0 Å². The maximum Gasteiger partial charge on any atom is 0.270 e. The smallest absolute Gasteiger partial charge is 0.270 e. The van der Waals surface area contributed by atoms with Crippen molar-refractivity contribution in [2.75, 3.05) is 0 Å². The van der Waals surface area contributed by atoms with Gasteiger partial charge in [-0.05, 0) is 12.8 Å². The van der Waals surface area contributed by atoms with Gasteiger partial charge in [0.25, 0.3) is 10.1 Å². The molecule has 0 bridgehead atoms. The third-order valence-corrected chi connectivity index (χ3v) is 3.30. The van der Waals surface area contributed by atoms with Crippen molar-refractivity contribution < 1.29 is 17.4 Å². The standard InChI is InChI=1S/C6H11FO3S/c7-5-3-1-2-4-6(5)11(8,9)10/h5-6H,1-4H2,(H,8,9,10). The molecule has 0 aromatic rings. The number of alkyl halides is 1. The Balaban J connectivity index is 2.70. The summed E-state index contributed by atoms with van der Waals surface area (Å²) in [6.07, 6.45) is 0.529. The van der Waals surface area contributed by atoms with E-state index in [4.69, 9.17) is 4.55 Å². The number of hydrogen-bond acceptors (Lipinski definition) is 2.